The number of hydrogen-bond donors (Lipinski definition) is 1. The van der Waals surface area contributed by atoms with Crippen LogP contribution in [0.25, 0.3) is 5.57 Å². The molecule has 0 radical (unpaired) electrons. The molecule has 19 heavy (non-hydrogen) atoms. The first-order chi connectivity index (χ1) is 9.36. The van der Waals surface area contributed by atoms with E-state index < -0.39 is 0 Å². The zero-order chi connectivity index (χ0) is 13.1. The Morgan fingerprint density at radius 1 is 1.26 bits per heavy atom. The lowest BCUT2D eigenvalue weighted by Crippen LogP contribution is -2.18. The number of nitrogens with one attached hydrogen (secondary N) is 1. The number of H-pyrrole nitrogens is 1. The first kappa shape index (κ1) is 11.6. The lowest BCUT2D eigenvalue weighted by Gasteiger charge is -2.23. The standard InChI is InChI=1S/C15H15N3O/c1-19-15-6-4-14(5-7-15)18-8-2-3-12(11-18)13-9-16-17-10-13/h2-7,9-11H,8H2,1H3,(H,16,17). The smallest absolute Gasteiger partial charge is 0.119 e. The summed E-state index contributed by atoms with van der Waals surface area (Å²) >= 11 is 0. The summed E-state index contributed by atoms with van der Waals surface area (Å²) in [6.07, 6.45) is 10.1. The predicted octanol–water partition coefficient (Wildman–Crippen LogP) is 2.84. The van der Waals surface area contributed by atoms with Crippen LogP contribution in [0.3, 0.4) is 0 Å². The number of allylic oxidation sites excluding steroid dienone is 2. The van der Waals surface area contributed by atoms with Gasteiger partial charge in [-0.25, -0.2) is 0 Å². The quantitative estimate of drug-likeness (QED) is 0.914. The van der Waals surface area contributed by atoms with Crippen molar-refractivity contribution in [2.24, 2.45) is 0 Å². The van der Waals surface area contributed by atoms with Crippen LogP contribution < -0.4 is 9.64 Å². The van der Waals surface area contributed by atoms with E-state index in [2.05, 4.69) is 45.6 Å². The van der Waals surface area contributed by atoms with Crippen LogP contribution in [-0.4, -0.2) is 23.9 Å². The summed E-state index contributed by atoms with van der Waals surface area (Å²) in [5, 5.41) is 6.82. The van der Waals surface area contributed by atoms with Crippen molar-refractivity contribution in [3.8, 4) is 5.75 Å². The van der Waals surface area contributed by atoms with Crippen LogP contribution in [0.5, 0.6) is 5.75 Å². The first-order valence-electron chi connectivity index (χ1n) is 6.15. The summed E-state index contributed by atoms with van der Waals surface area (Å²) in [5.41, 5.74) is 3.39. The molecule has 4 heteroatoms. The van der Waals surface area contributed by atoms with E-state index in [9.17, 15) is 0 Å². The molecule has 2 aromatic rings. The molecule has 1 N–H and O–H groups in total. The lowest BCUT2D eigenvalue weighted by atomic mass is 10.1. The van der Waals surface area contributed by atoms with Crippen molar-refractivity contribution >= 4 is 11.3 Å². The van der Waals surface area contributed by atoms with Gasteiger partial charge in [-0.05, 0) is 24.3 Å². The van der Waals surface area contributed by atoms with E-state index in [1.807, 2.05) is 24.5 Å². The van der Waals surface area contributed by atoms with Crippen molar-refractivity contribution in [2.75, 3.05) is 18.6 Å². The maximum Gasteiger partial charge on any atom is 0.119 e. The van der Waals surface area contributed by atoms with Gasteiger partial charge in [0.1, 0.15) is 5.75 Å². The van der Waals surface area contributed by atoms with Gasteiger partial charge in [0, 0.05) is 35.8 Å². The third-order valence-electron chi connectivity index (χ3n) is 3.13. The van der Waals surface area contributed by atoms with Crippen LogP contribution in [-0.2, 0) is 0 Å². The third kappa shape index (κ3) is 2.38. The molecular formula is C15H15N3O. The van der Waals surface area contributed by atoms with Gasteiger partial charge in [0.25, 0.3) is 0 Å². The number of aromatic nitrogens is 2. The summed E-state index contributed by atoms with van der Waals surface area (Å²) < 4.78 is 5.18. The Bertz CT molecular complexity index is 597. The molecule has 0 unspecified atom stereocenters. The molecule has 1 aliphatic rings. The van der Waals surface area contributed by atoms with Crippen LogP contribution in [0.1, 0.15) is 5.56 Å². The van der Waals surface area contributed by atoms with E-state index in [-0.39, 0.29) is 0 Å². The minimum absolute atomic E-state index is 0.869. The van der Waals surface area contributed by atoms with Gasteiger partial charge >= 0.3 is 0 Å². The van der Waals surface area contributed by atoms with Gasteiger partial charge in [0.15, 0.2) is 0 Å². The molecular weight excluding hydrogens is 238 g/mol. The second kappa shape index (κ2) is 5.02. The average molecular weight is 253 g/mol. The molecule has 1 aliphatic heterocycles. The van der Waals surface area contributed by atoms with Crippen LogP contribution in [0.4, 0.5) is 5.69 Å². The Balaban J connectivity index is 1.87. The molecule has 3 rings (SSSR count). The minimum Gasteiger partial charge on any atom is -0.497 e. The Kier molecular flexibility index (Phi) is 3.06. The topological polar surface area (TPSA) is 41.1 Å². The number of methoxy groups -OCH3 is 1. The molecule has 1 aromatic carbocycles. The highest BCUT2D eigenvalue weighted by Crippen LogP contribution is 2.25. The Morgan fingerprint density at radius 2 is 2.11 bits per heavy atom. The van der Waals surface area contributed by atoms with E-state index in [0.29, 0.717) is 0 Å². The van der Waals surface area contributed by atoms with E-state index in [1.54, 1.807) is 7.11 Å². The molecule has 2 heterocycles. The first-order valence-corrected chi connectivity index (χ1v) is 6.15. The molecule has 0 aliphatic carbocycles. The number of ether oxygens (including phenoxy) is 1. The monoisotopic (exact) mass is 253 g/mol. The van der Waals surface area contributed by atoms with E-state index >= 15 is 0 Å². The molecule has 0 fully saturated rings. The van der Waals surface area contributed by atoms with Crippen molar-refractivity contribution in [1.29, 1.82) is 0 Å². The molecule has 0 saturated carbocycles. The van der Waals surface area contributed by atoms with Crippen LogP contribution in [0.15, 0.2) is 55.0 Å². The van der Waals surface area contributed by atoms with Gasteiger partial charge in [0.05, 0.1) is 13.3 Å². The summed E-state index contributed by atoms with van der Waals surface area (Å²) in [5.74, 6) is 0.871. The average Bonchev–Trinajstić information content (AvgIpc) is 3.02. The fourth-order valence-electron chi connectivity index (χ4n) is 2.09. The van der Waals surface area contributed by atoms with Crippen LogP contribution in [0.2, 0.25) is 0 Å². The SMILES string of the molecule is COc1ccc(N2C=C(c3cn[nH]c3)C=CC2)cc1. The number of anilines is 1. The summed E-state index contributed by atoms with van der Waals surface area (Å²) in [7, 11) is 1.68. The third-order valence-corrected chi connectivity index (χ3v) is 3.13. The van der Waals surface area contributed by atoms with E-state index in [4.69, 9.17) is 4.74 Å². The van der Waals surface area contributed by atoms with Gasteiger partial charge in [0.2, 0.25) is 0 Å². The van der Waals surface area contributed by atoms with Crippen molar-refractivity contribution in [1.82, 2.24) is 10.2 Å². The maximum atomic E-state index is 5.18. The van der Waals surface area contributed by atoms with Gasteiger partial charge in [-0.1, -0.05) is 12.2 Å². The van der Waals surface area contributed by atoms with Crippen molar-refractivity contribution < 1.29 is 4.74 Å². The number of aromatic amines is 1. The highest BCUT2D eigenvalue weighted by molar-refractivity contribution is 5.77. The second-order valence-corrected chi connectivity index (χ2v) is 4.32. The van der Waals surface area contributed by atoms with Gasteiger partial charge < -0.3 is 9.64 Å². The number of hydrogen-bond acceptors (Lipinski definition) is 3. The lowest BCUT2D eigenvalue weighted by molar-refractivity contribution is 0.415. The molecule has 96 valence electrons. The normalized spacial score (nSPS) is 14.4. The molecule has 0 spiro atoms. The van der Waals surface area contributed by atoms with Gasteiger partial charge in [-0.15, -0.1) is 0 Å². The second-order valence-electron chi connectivity index (χ2n) is 4.32. The van der Waals surface area contributed by atoms with Crippen LogP contribution >= 0.6 is 0 Å². The predicted molar refractivity (Wildman–Crippen MR) is 76.0 cm³/mol. The summed E-state index contributed by atoms with van der Waals surface area (Å²) in [6.45, 7) is 0.869. The van der Waals surface area contributed by atoms with Crippen molar-refractivity contribution in [2.45, 2.75) is 0 Å². The Morgan fingerprint density at radius 3 is 2.79 bits per heavy atom. The molecule has 0 amide bonds. The fourth-order valence-corrected chi connectivity index (χ4v) is 2.09. The highest BCUT2D eigenvalue weighted by atomic mass is 16.5. The summed E-state index contributed by atoms with van der Waals surface area (Å²) in [4.78, 5) is 2.20. The number of rotatable bonds is 3. The largest absolute Gasteiger partial charge is 0.497 e. The molecule has 1 aromatic heterocycles. The zero-order valence-corrected chi connectivity index (χ0v) is 10.7. The molecule has 0 saturated heterocycles. The van der Waals surface area contributed by atoms with Crippen LogP contribution in [0, 0.1) is 0 Å². The fraction of sp³-hybridized carbons (Fsp3) is 0.133. The minimum atomic E-state index is 0.869. The highest BCUT2D eigenvalue weighted by Gasteiger charge is 2.09. The van der Waals surface area contributed by atoms with Crippen molar-refractivity contribution in [3.05, 3.63) is 60.6 Å². The van der Waals surface area contributed by atoms with Gasteiger partial charge in [-0.3, -0.25) is 5.10 Å². The maximum absolute atomic E-state index is 5.18. The Hall–Kier alpha value is -2.49. The number of nitrogens with zero attached hydrogens (tertiary/aromatic N) is 2. The van der Waals surface area contributed by atoms with E-state index in [0.717, 1.165) is 29.1 Å². The summed E-state index contributed by atoms with van der Waals surface area (Å²) in [6, 6.07) is 8.06. The Labute approximate surface area is 112 Å². The van der Waals surface area contributed by atoms with E-state index in [1.165, 1.54) is 0 Å². The molecule has 0 atom stereocenters. The molecule has 0 bridgehead atoms. The number of benzene rings is 1. The molecule has 4 nitrogen and oxygen atoms in total. The van der Waals surface area contributed by atoms with Crippen molar-refractivity contribution in [3.63, 3.8) is 0 Å². The zero-order valence-electron chi connectivity index (χ0n) is 10.7. The van der Waals surface area contributed by atoms with Gasteiger partial charge in [-0.2, -0.15) is 5.10 Å².